The standard InChI is InChI=1S/C5H11N3O3S2/c1-3(9)2-4-7-8-5(12-4)13(6,10)11/h4-5,7-8H,2H2,1H3,(H2,6,10,11). The van der Waals surface area contributed by atoms with Crippen molar-refractivity contribution in [3.63, 3.8) is 0 Å². The molecule has 1 rings (SSSR count). The summed E-state index contributed by atoms with van der Waals surface area (Å²) in [6, 6.07) is 0. The Morgan fingerprint density at radius 1 is 1.54 bits per heavy atom. The summed E-state index contributed by atoms with van der Waals surface area (Å²) < 4.78 is 20.8. The van der Waals surface area contributed by atoms with Crippen molar-refractivity contribution in [2.24, 2.45) is 5.14 Å². The Kier molecular flexibility index (Phi) is 3.30. The van der Waals surface area contributed by atoms with Crippen LogP contribution in [0.4, 0.5) is 0 Å². The summed E-state index contributed by atoms with van der Waals surface area (Å²) in [5, 5.41) is 4.68. The monoisotopic (exact) mass is 225 g/mol. The summed E-state index contributed by atoms with van der Waals surface area (Å²) in [7, 11) is -3.59. The van der Waals surface area contributed by atoms with E-state index in [0.29, 0.717) is 0 Å². The van der Waals surface area contributed by atoms with E-state index in [1.807, 2.05) is 0 Å². The lowest BCUT2D eigenvalue weighted by molar-refractivity contribution is -0.117. The van der Waals surface area contributed by atoms with Crippen LogP contribution in [-0.4, -0.2) is 24.3 Å². The zero-order valence-corrected chi connectivity index (χ0v) is 8.61. The number of nitrogens with one attached hydrogen (secondary N) is 2. The van der Waals surface area contributed by atoms with Crippen molar-refractivity contribution in [1.82, 2.24) is 10.9 Å². The second-order valence-electron chi connectivity index (χ2n) is 2.74. The van der Waals surface area contributed by atoms with E-state index in [1.54, 1.807) is 0 Å². The molecule has 1 saturated heterocycles. The van der Waals surface area contributed by atoms with Crippen molar-refractivity contribution in [2.45, 2.75) is 23.4 Å². The Morgan fingerprint density at radius 2 is 2.15 bits per heavy atom. The van der Waals surface area contributed by atoms with Gasteiger partial charge in [-0.25, -0.2) is 24.4 Å². The number of hydrazine groups is 1. The van der Waals surface area contributed by atoms with Crippen LogP contribution in [0.3, 0.4) is 0 Å². The Labute approximate surface area is 80.6 Å². The first-order chi connectivity index (χ1) is 5.89. The second-order valence-corrected chi connectivity index (χ2v) is 6.00. The molecule has 76 valence electrons. The largest absolute Gasteiger partial charge is 0.300 e. The minimum absolute atomic E-state index is 0.00173. The van der Waals surface area contributed by atoms with E-state index in [-0.39, 0.29) is 17.6 Å². The lowest BCUT2D eigenvalue weighted by atomic mass is 10.3. The van der Waals surface area contributed by atoms with Crippen LogP contribution in [-0.2, 0) is 14.8 Å². The van der Waals surface area contributed by atoms with Gasteiger partial charge in [-0.05, 0) is 6.92 Å². The molecular weight excluding hydrogens is 214 g/mol. The Morgan fingerprint density at radius 3 is 2.54 bits per heavy atom. The van der Waals surface area contributed by atoms with E-state index in [2.05, 4.69) is 10.9 Å². The Hall–Kier alpha value is -0.150. The quantitative estimate of drug-likeness (QED) is 0.552. The van der Waals surface area contributed by atoms with E-state index in [9.17, 15) is 13.2 Å². The SMILES string of the molecule is CC(=O)CC1NNC(S(N)(=O)=O)S1. The molecule has 0 aliphatic carbocycles. The van der Waals surface area contributed by atoms with Crippen LogP contribution in [0.25, 0.3) is 0 Å². The summed E-state index contributed by atoms with van der Waals surface area (Å²) in [6.07, 6.45) is 0.281. The number of primary sulfonamides is 1. The van der Waals surface area contributed by atoms with Gasteiger partial charge < -0.3 is 0 Å². The van der Waals surface area contributed by atoms with Crippen molar-refractivity contribution >= 4 is 27.6 Å². The third-order valence-corrected chi connectivity index (χ3v) is 4.25. The van der Waals surface area contributed by atoms with E-state index in [4.69, 9.17) is 5.14 Å². The number of nitrogens with two attached hydrogens (primary N) is 1. The number of carbonyl (C=O) groups excluding carboxylic acids is 1. The van der Waals surface area contributed by atoms with E-state index >= 15 is 0 Å². The van der Waals surface area contributed by atoms with Gasteiger partial charge in [-0.15, -0.1) is 11.8 Å². The number of hydrogen-bond donors (Lipinski definition) is 3. The van der Waals surface area contributed by atoms with Crippen LogP contribution in [0.2, 0.25) is 0 Å². The van der Waals surface area contributed by atoms with Crippen molar-refractivity contribution in [1.29, 1.82) is 0 Å². The molecule has 0 radical (unpaired) electrons. The highest BCUT2D eigenvalue weighted by atomic mass is 32.3. The number of hydrogen-bond acceptors (Lipinski definition) is 6. The molecule has 1 aliphatic heterocycles. The first-order valence-corrected chi connectivity index (χ1v) is 6.12. The number of Topliss-reactive ketones (excluding diaryl/α,β-unsaturated/α-hetero) is 1. The number of thioether (sulfide) groups is 1. The molecule has 0 aromatic rings. The van der Waals surface area contributed by atoms with E-state index in [1.165, 1.54) is 6.92 Å². The van der Waals surface area contributed by atoms with Crippen LogP contribution in [0, 0.1) is 0 Å². The highest BCUT2D eigenvalue weighted by Gasteiger charge is 2.32. The fraction of sp³-hybridized carbons (Fsp3) is 0.800. The molecule has 0 spiro atoms. The first kappa shape index (κ1) is 10.9. The van der Waals surface area contributed by atoms with Crippen LogP contribution in [0.1, 0.15) is 13.3 Å². The molecule has 0 aromatic heterocycles. The van der Waals surface area contributed by atoms with Crippen molar-refractivity contribution < 1.29 is 13.2 Å². The summed E-state index contributed by atoms with van der Waals surface area (Å²) in [5.41, 5.74) is 5.18. The van der Waals surface area contributed by atoms with Crippen molar-refractivity contribution in [3.8, 4) is 0 Å². The van der Waals surface area contributed by atoms with Gasteiger partial charge in [0, 0.05) is 6.42 Å². The third-order valence-electron chi connectivity index (χ3n) is 1.42. The summed E-state index contributed by atoms with van der Waals surface area (Å²) in [5.74, 6) is 0.00173. The highest BCUT2D eigenvalue weighted by Crippen LogP contribution is 2.23. The van der Waals surface area contributed by atoms with Gasteiger partial charge >= 0.3 is 0 Å². The highest BCUT2D eigenvalue weighted by molar-refractivity contribution is 8.13. The molecule has 1 fully saturated rings. The predicted octanol–water partition coefficient (Wildman–Crippen LogP) is -1.30. The minimum Gasteiger partial charge on any atom is -0.300 e. The smallest absolute Gasteiger partial charge is 0.236 e. The second kappa shape index (κ2) is 3.93. The minimum atomic E-state index is -3.59. The van der Waals surface area contributed by atoms with Gasteiger partial charge in [0.2, 0.25) is 10.0 Å². The topological polar surface area (TPSA) is 101 Å². The maximum absolute atomic E-state index is 10.8. The van der Waals surface area contributed by atoms with Gasteiger partial charge in [0.15, 0.2) is 4.71 Å². The fourth-order valence-corrected chi connectivity index (χ4v) is 3.05. The lowest BCUT2D eigenvalue weighted by Gasteiger charge is -2.04. The molecule has 0 amide bonds. The van der Waals surface area contributed by atoms with Crippen molar-refractivity contribution in [2.75, 3.05) is 0 Å². The van der Waals surface area contributed by atoms with E-state index in [0.717, 1.165) is 11.8 Å². The van der Waals surface area contributed by atoms with Gasteiger partial charge in [-0.1, -0.05) is 0 Å². The zero-order valence-electron chi connectivity index (χ0n) is 6.98. The fourth-order valence-electron chi connectivity index (χ4n) is 0.898. The third kappa shape index (κ3) is 3.24. The first-order valence-electron chi connectivity index (χ1n) is 3.57. The van der Waals surface area contributed by atoms with Gasteiger partial charge in [0.05, 0.1) is 5.37 Å². The number of ketones is 1. The predicted molar refractivity (Wildman–Crippen MR) is 49.8 cm³/mol. The molecule has 2 atom stereocenters. The maximum atomic E-state index is 10.8. The normalized spacial score (nSPS) is 29.1. The number of sulfonamides is 1. The lowest BCUT2D eigenvalue weighted by Crippen LogP contribution is -2.40. The summed E-state index contributed by atoms with van der Waals surface area (Å²) in [4.78, 5) is 10.7. The Balaban J connectivity index is 2.50. The molecule has 8 heteroatoms. The Bertz CT molecular complexity index is 302. The summed E-state index contributed by atoms with van der Waals surface area (Å²) in [6.45, 7) is 1.45. The van der Waals surface area contributed by atoms with Crippen LogP contribution < -0.4 is 16.0 Å². The van der Waals surface area contributed by atoms with Crippen LogP contribution >= 0.6 is 11.8 Å². The molecule has 1 heterocycles. The molecule has 0 saturated carbocycles. The van der Waals surface area contributed by atoms with Crippen molar-refractivity contribution in [3.05, 3.63) is 0 Å². The van der Waals surface area contributed by atoms with Gasteiger partial charge in [-0.2, -0.15) is 0 Å². The van der Waals surface area contributed by atoms with Crippen LogP contribution in [0.15, 0.2) is 0 Å². The zero-order chi connectivity index (χ0) is 10.1. The molecule has 13 heavy (non-hydrogen) atoms. The molecule has 6 nitrogen and oxygen atoms in total. The molecular formula is C5H11N3O3S2. The van der Waals surface area contributed by atoms with E-state index < -0.39 is 14.7 Å². The molecule has 0 bridgehead atoms. The van der Waals surface area contributed by atoms with Crippen LogP contribution in [0.5, 0.6) is 0 Å². The average Bonchev–Trinajstić information content (AvgIpc) is 2.32. The number of rotatable bonds is 3. The molecule has 2 unspecified atom stereocenters. The maximum Gasteiger partial charge on any atom is 0.236 e. The summed E-state index contributed by atoms with van der Waals surface area (Å²) >= 11 is 1.09. The van der Waals surface area contributed by atoms with Gasteiger partial charge in [-0.3, -0.25) is 4.79 Å². The molecule has 1 aliphatic rings. The molecule has 4 N–H and O–H groups in total. The van der Waals surface area contributed by atoms with Gasteiger partial charge in [0.25, 0.3) is 0 Å². The molecule has 0 aromatic carbocycles. The average molecular weight is 225 g/mol. The van der Waals surface area contributed by atoms with Gasteiger partial charge in [0.1, 0.15) is 5.78 Å². The number of carbonyl (C=O) groups is 1.